The summed E-state index contributed by atoms with van der Waals surface area (Å²) in [6.07, 6.45) is 0.877. The van der Waals surface area contributed by atoms with Crippen LogP contribution in [-0.4, -0.2) is 51.4 Å². The van der Waals surface area contributed by atoms with Gasteiger partial charge in [0, 0.05) is 45.2 Å². The smallest absolute Gasteiger partial charge is 0.169 e. The molecule has 6 heteroatoms. The van der Waals surface area contributed by atoms with Crippen LogP contribution in [0.4, 0.5) is 0 Å². The SMILES string of the molecule is COc1c(Cl)cc2c(c1CN1CCNCC1)OCCCO2. The summed E-state index contributed by atoms with van der Waals surface area (Å²) in [5.74, 6) is 2.20. The van der Waals surface area contributed by atoms with Gasteiger partial charge in [-0.2, -0.15) is 0 Å². The van der Waals surface area contributed by atoms with Crippen molar-refractivity contribution in [3.8, 4) is 17.2 Å². The molecule has 2 heterocycles. The fourth-order valence-electron chi connectivity index (χ4n) is 2.78. The zero-order chi connectivity index (χ0) is 14.7. The Kier molecular flexibility index (Phi) is 4.73. The van der Waals surface area contributed by atoms with Gasteiger partial charge >= 0.3 is 0 Å². The predicted octanol–water partition coefficient (Wildman–Crippen LogP) is 1.92. The lowest BCUT2D eigenvalue weighted by molar-refractivity contribution is 0.224. The van der Waals surface area contributed by atoms with E-state index < -0.39 is 0 Å². The van der Waals surface area contributed by atoms with E-state index >= 15 is 0 Å². The molecule has 0 saturated carbocycles. The number of halogens is 1. The molecule has 0 spiro atoms. The molecule has 0 atom stereocenters. The largest absolute Gasteiger partial charge is 0.495 e. The number of rotatable bonds is 3. The van der Waals surface area contributed by atoms with E-state index in [1.807, 2.05) is 0 Å². The quantitative estimate of drug-likeness (QED) is 0.923. The summed E-state index contributed by atoms with van der Waals surface area (Å²) in [5.41, 5.74) is 0.990. The first kappa shape index (κ1) is 14.8. The molecule has 2 aliphatic rings. The molecule has 1 N–H and O–H groups in total. The molecule has 116 valence electrons. The fourth-order valence-corrected chi connectivity index (χ4v) is 3.07. The maximum absolute atomic E-state index is 6.35. The van der Waals surface area contributed by atoms with Gasteiger partial charge in [0.05, 0.1) is 30.9 Å². The minimum absolute atomic E-state index is 0.576. The Morgan fingerprint density at radius 3 is 2.81 bits per heavy atom. The van der Waals surface area contributed by atoms with Gasteiger partial charge in [0.15, 0.2) is 11.5 Å². The van der Waals surface area contributed by atoms with Crippen molar-refractivity contribution in [3.05, 3.63) is 16.7 Å². The standard InChI is InChI=1S/C15H21ClN2O3/c1-19-14-11(10-18-5-3-17-4-6-18)15-13(9-12(14)16)20-7-2-8-21-15/h9,17H,2-8,10H2,1H3. The summed E-state index contributed by atoms with van der Waals surface area (Å²) in [6, 6.07) is 1.79. The first-order valence-electron chi connectivity index (χ1n) is 7.37. The summed E-state index contributed by atoms with van der Waals surface area (Å²) < 4.78 is 17.2. The number of hydrogen-bond acceptors (Lipinski definition) is 5. The Labute approximate surface area is 130 Å². The van der Waals surface area contributed by atoms with Crippen molar-refractivity contribution < 1.29 is 14.2 Å². The lowest BCUT2D eigenvalue weighted by Crippen LogP contribution is -2.43. The fraction of sp³-hybridized carbons (Fsp3) is 0.600. The molecule has 0 unspecified atom stereocenters. The number of nitrogens with zero attached hydrogens (tertiary/aromatic N) is 1. The third kappa shape index (κ3) is 3.20. The molecule has 0 radical (unpaired) electrons. The van der Waals surface area contributed by atoms with Crippen LogP contribution >= 0.6 is 11.6 Å². The van der Waals surface area contributed by atoms with Crippen LogP contribution in [-0.2, 0) is 6.54 Å². The summed E-state index contributed by atoms with van der Waals surface area (Å²) in [5, 5.41) is 3.93. The lowest BCUT2D eigenvalue weighted by Gasteiger charge is -2.29. The Balaban J connectivity index is 1.96. The summed E-state index contributed by atoms with van der Waals surface area (Å²) in [7, 11) is 1.65. The van der Waals surface area contributed by atoms with E-state index in [1.165, 1.54) is 0 Å². The van der Waals surface area contributed by atoms with Gasteiger partial charge in [0.25, 0.3) is 0 Å². The molecular weight excluding hydrogens is 292 g/mol. The Hall–Kier alpha value is -1.17. The maximum atomic E-state index is 6.35. The Morgan fingerprint density at radius 2 is 2.05 bits per heavy atom. The second-order valence-corrected chi connectivity index (χ2v) is 5.68. The number of methoxy groups -OCH3 is 1. The third-order valence-corrected chi connectivity index (χ3v) is 4.12. The summed E-state index contributed by atoms with van der Waals surface area (Å²) in [4.78, 5) is 2.37. The van der Waals surface area contributed by atoms with E-state index in [-0.39, 0.29) is 0 Å². The highest BCUT2D eigenvalue weighted by molar-refractivity contribution is 6.32. The first-order chi connectivity index (χ1) is 10.3. The molecular formula is C15H21ClN2O3. The first-order valence-corrected chi connectivity index (χ1v) is 7.75. The minimum atomic E-state index is 0.576. The zero-order valence-corrected chi connectivity index (χ0v) is 13.0. The molecule has 0 aromatic heterocycles. The molecule has 1 aromatic rings. The summed E-state index contributed by atoms with van der Waals surface area (Å²) in [6.45, 7) is 6.09. The van der Waals surface area contributed by atoms with Gasteiger partial charge in [0.2, 0.25) is 0 Å². The van der Waals surface area contributed by atoms with Crippen molar-refractivity contribution in [2.75, 3.05) is 46.5 Å². The second kappa shape index (κ2) is 6.73. The highest BCUT2D eigenvalue weighted by Gasteiger charge is 2.24. The average molecular weight is 313 g/mol. The molecule has 21 heavy (non-hydrogen) atoms. The van der Waals surface area contributed by atoms with Gasteiger partial charge in [0.1, 0.15) is 5.75 Å². The van der Waals surface area contributed by atoms with Crippen LogP contribution < -0.4 is 19.5 Å². The number of hydrogen-bond donors (Lipinski definition) is 1. The van der Waals surface area contributed by atoms with Crippen LogP contribution in [0.2, 0.25) is 5.02 Å². The number of benzene rings is 1. The van der Waals surface area contributed by atoms with Gasteiger partial charge in [-0.1, -0.05) is 11.6 Å². The van der Waals surface area contributed by atoms with E-state index in [0.717, 1.165) is 56.2 Å². The zero-order valence-electron chi connectivity index (χ0n) is 12.3. The van der Waals surface area contributed by atoms with Crippen molar-refractivity contribution in [1.29, 1.82) is 0 Å². The molecule has 3 rings (SSSR count). The van der Waals surface area contributed by atoms with E-state index in [4.69, 9.17) is 25.8 Å². The third-order valence-electron chi connectivity index (χ3n) is 3.83. The minimum Gasteiger partial charge on any atom is -0.495 e. The number of piperazine rings is 1. The van der Waals surface area contributed by atoms with Crippen molar-refractivity contribution in [1.82, 2.24) is 10.2 Å². The van der Waals surface area contributed by atoms with Gasteiger partial charge in [-0.3, -0.25) is 4.90 Å². The van der Waals surface area contributed by atoms with Crippen LogP contribution in [0.15, 0.2) is 6.07 Å². The van der Waals surface area contributed by atoms with Crippen molar-refractivity contribution in [2.24, 2.45) is 0 Å². The molecule has 1 saturated heterocycles. The van der Waals surface area contributed by atoms with Crippen LogP contribution in [0.25, 0.3) is 0 Å². The molecule has 1 fully saturated rings. The molecule has 0 amide bonds. The topological polar surface area (TPSA) is 43.0 Å². The van der Waals surface area contributed by atoms with Crippen LogP contribution in [0.3, 0.4) is 0 Å². The van der Waals surface area contributed by atoms with Crippen molar-refractivity contribution >= 4 is 11.6 Å². The van der Waals surface area contributed by atoms with E-state index in [0.29, 0.717) is 24.0 Å². The lowest BCUT2D eigenvalue weighted by atomic mass is 10.1. The van der Waals surface area contributed by atoms with E-state index in [2.05, 4.69) is 10.2 Å². The number of fused-ring (bicyclic) bond motifs is 1. The van der Waals surface area contributed by atoms with Crippen LogP contribution in [0.1, 0.15) is 12.0 Å². The highest BCUT2D eigenvalue weighted by Crippen LogP contribution is 2.44. The van der Waals surface area contributed by atoms with Crippen LogP contribution in [0.5, 0.6) is 17.2 Å². The maximum Gasteiger partial charge on any atom is 0.169 e. The predicted molar refractivity (Wildman–Crippen MR) is 81.8 cm³/mol. The van der Waals surface area contributed by atoms with E-state index in [9.17, 15) is 0 Å². The Bertz CT molecular complexity index is 504. The normalized spacial score (nSPS) is 19.1. The molecule has 0 bridgehead atoms. The summed E-state index contributed by atoms with van der Waals surface area (Å²) >= 11 is 6.35. The monoisotopic (exact) mass is 312 g/mol. The van der Waals surface area contributed by atoms with Crippen LogP contribution in [0, 0.1) is 0 Å². The van der Waals surface area contributed by atoms with E-state index in [1.54, 1.807) is 13.2 Å². The van der Waals surface area contributed by atoms with Gasteiger partial charge in [-0.05, 0) is 0 Å². The van der Waals surface area contributed by atoms with Crippen molar-refractivity contribution in [3.63, 3.8) is 0 Å². The molecule has 0 aliphatic carbocycles. The molecule has 2 aliphatic heterocycles. The van der Waals surface area contributed by atoms with Gasteiger partial charge in [-0.15, -0.1) is 0 Å². The number of nitrogens with one attached hydrogen (secondary N) is 1. The average Bonchev–Trinajstić information content (AvgIpc) is 2.73. The number of ether oxygens (including phenoxy) is 3. The molecule has 5 nitrogen and oxygen atoms in total. The highest BCUT2D eigenvalue weighted by atomic mass is 35.5. The van der Waals surface area contributed by atoms with Gasteiger partial charge < -0.3 is 19.5 Å². The van der Waals surface area contributed by atoms with Crippen molar-refractivity contribution in [2.45, 2.75) is 13.0 Å². The van der Waals surface area contributed by atoms with Gasteiger partial charge in [-0.25, -0.2) is 0 Å². The Morgan fingerprint density at radius 1 is 1.29 bits per heavy atom. The second-order valence-electron chi connectivity index (χ2n) is 5.27. The molecule has 1 aromatic carbocycles.